The van der Waals surface area contributed by atoms with E-state index in [2.05, 4.69) is 0 Å². The molecule has 0 fully saturated rings. The number of hydrogen-bond acceptors (Lipinski definition) is 4. The highest BCUT2D eigenvalue weighted by atomic mass is 32.3. The van der Waals surface area contributed by atoms with Crippen molar-refractivity contribution in [2.24, 2.45) is 0 Å². The number of likely N-dealkylation sites (N-methyl/N-ethyl adjacent to an activating group) is 1. The van der Waals surface area contributed by atoms with E-state index < -0.39 is 16.1 Å². The molecule has 0 aromatic heterocycles. The van der Waals surface area contributed by atoms with E-state index in [0.717, 1.165) is 5.56 Å². The molecule has 0 heterocycles. The van der Waals surface area contributed by atoms with Gasteiger partial charge in [-0.3, -0.25) is 0 Å². The summed E-state index contributed by atoms with van der Waals surface area (Å²) in [7, 11) is -1.59. The second kappa shape index (κ2) is 5.47. The zero-order chi connectivity index (χ0) is 16.7. The predicted octanol–water partition coefficient (Wildman–Crippen LogP) is 3.10. The molecule has 0 saturated heterocycles. The Morgan fingerprint density at radius 1 is 0.957 bits per heavy atom. The van der Waals surface area contributed by atoms with Gasteiger partial charge in [0.1, 0.15) is 0 Å². The van der Waals surface area contributed by atoms with Crippen LogP contribution in [-0.4, -0.2) is 27.4 Å². The van der Waals surface area contributed by atoms with Crippen LogP contribution in [-0.2, 0) is 20.3 Å². The first-order chi connectivity index (χ1) is 10.9. The van der Waals surface area contributed by atoms with Gasteiger partial charge in [0.05, 0.1) is 5.70 Å². The quantitative estimate of drug-likeness (QED) is 0.789. The molecule has 2 aromatic carbocycles. The summed E-state index contributed by atoms with van der Waals surface area (Å²) in [5.74, 6) is 0. The molecule has 120 valence electrons. The average Bonchev–Trinajstić information content (AvgIpc) is 3.17. The van der Waals surface area contributed by atoms with E-state index in [-0.39, 0.29) is 0 Å². The minimum Gasteiger partial charge on any atom is -0.378 e. The maximum atomic E-state index is 13.4. The van der Waals surface area contributed by atoms with E-state index in [1.165, 1.54) is 0 Å². The molecule has 1 unspecified atom stereocenters. The van der Waals surface area contributed by atoms with Crippen molar-refractivity contribution in [3.63, 3.8) is 0 Å². The van der Waals surface area contributed by atoms with Crippen LogP contribution in [0.5, 0.6) is 0 Å². The summed E-state index contributed by atoms with van der Waals surface area (Å²) >= 11 is 0. The summed E-state index contributed by atoms with van der Waals surface area (Å²) in [4.78, 5) is 1.75. The van der Waals surface area contributed by atoms with Crippen molar-refractivity contribution in [2.45, 2.75) is 5.60 Å². The van der Waals surface area contributed by atoms with Gasteiger partial charge in [-0.25, -0.2) is 4.18 Å². The van der Waals surface area contributed by atoms with Crippen LogP contribution in [0.25, 0.3) is 5.57 Å². The largest absolute Gasteiger partial charge is 0.439 e. The molecule has 0 amide bonds. The number of nitrogens with zero attached hydrogens (tertiary/aromatic N) is 1. The summed E-state index contributed by atoms with van der Waals surface area (Å²) in [6.07, 6.45) is 0. The second-order valence-corrected chi connectivity index (χ2v) is 6.46. The van der Waals surface area contributed by atoms with Crippen LogP contribution in [0.4, 0.5) is 3.89 Å². The van der Waals surface area contributed by atoms with Gasteiger partial charge < -0.3 is 4.90 Å². The second-order valence-electron chi connectivity index (χ2n) is 5.51. The van der Waals surface area contributed by atoms with Crippen molar-refractivity contribution in [2.75, 3.05) is 14.1 Å². The van der Waals surface area contributed by atoms with Crippen molar-refractivity contribution in [3.05, 3.63) is 77.5 Å². The van der Waals surface area contributed by atoms with Crippen LogP contribution in [0.15, 0.2) is 66.4 Å². The number of rotatable bonds is 5. The molecule has 1 atom stereocenters. The summed E-state index contributed by atoms with van der Waals surface area (Å²) < 4.78 is 40.9. The minimum absolute atomic E-state index is 0.573. The van der Waals surface area contributed by atoms with Gasteiger partial charge in [-0.2, -0.15) is 8.42 Å². The summed E-state index contributed by atoms with van der Waals surface area (Å²) in [6.45, 7) is 0. The molecule has 0 N–H and O–H groups in total. The highest BCUT2D eigenvalue weighted by molar-refractivity contribution is 7.81. The van der Waals surface area contributed by atoms with E-state index in [1.54, 1.807) is 49.3 Å². The molecule has 1 aliphatic carbocycles. The van der Waals surface area contributed by atoms with Gasteiger partial charge in [-0.15, -0.1) is 0 Å². The molecule has 0 radical (unpaired) electrons. The van der Waals surface area contributed by atoms with E-state index in [9.17, 15) is 12.3 Å². The van der Waals surface area contributed by atoms with Gasteiger partial charge in [0.2, 0.25) is 0 Å². The third kappa shape index (κ3) is 2.75. The molecule has 0 aliphatic heterocycles. The maximum Gasteiger partial charge on any atom is 0.439 e. The molecule has 6 heteroatoms. The Labute approximate surface area is 135 Å². The first-order valence-corrected chi connectivity index (χ1v) is 8.36. The molecule has 3 rings (SSSR count). The van der Waals surface area contributed by atoms with Crippen LogP contribution in [0.2, 0.25) is 0 Å². The van der Waals surface area contributed by atoms with Crippen LogP contribution in [0.3, 0.4) is 0 Å². The van der Waals surface area contributed by atoms with Gasteiger partial charge in [0.25, 0.3) is 0 Å². The maximum absolute atomic E-state index is 13.4. The SMILES string of the molecule is CN(C)C1=C(c2ccccc2)C1(OS(=O)(=O)F)c1ccccc1. The summed E-state index contributed by atoms with van der Waals surface area (Å²) in [6, 6.07) is 18.0. The Bertz CT molecular complexity index is 848. The Kier molecular flexibility index (Phi) is 3.74. The smallest absolute Gasteiger partial charge is 0.378 e. The van der Waals surface area contributed by atoms with E-state index >= 15 is 0 Å². The van der Waals surface area contributed by atoms with E-state index in [0.29, 0.717) is 16.8 Å². The summed E-state index contributed by atoms with van der Waals surface area (Å²) in [5.41, 5.74) is 1.22. The Balaban J connectivity index is 2.18. The predicted molar refractivity (Wildman–Crippen MR) is 86.3 cm³/mol. The Morgan fingerprint density at radius 3 is 1.96 bits per heavy atom. The van der Waals surface area contributed by atoms with Gasteiger partial charge in [-0.05, 0) is 11.1 Å². The molecule has 2 aromatic rings. The van der Waals surface area contributed by atoms with E-state index in [4.69, 9.17) is 4.18 Å². The molecule has 0 bridgehead atoms. The molecular formula is C17H16FNO3S. The standard InChI is InChI=1S/C17H16FNO3S/c1-19(2)16-15(13-9-5-3-6-10-13)17(16,22-23(18,20)21)14-11-7-4-8-12-14/h3-12H,1-2H3. The van der Waals surface area contributed by atoms with Crippen molar-refractivity contribution < 1.29 is 16.5 Å². The fourth-order valence-corrected chi connectivity index (χ4v) is 3.52. The van der Waals surface area contributed by atoms with Crippen molar-refractivity contribution in [1.29, 1.82) is 0 Å². The number of benzene rings is 2. The lowest BCUT2D eigenvalue weighted by molar-refractivity contribution is 0.180. The number of halogens is 1. The van der Waals surface area contributed by atoms with Gasteiger partial charge in [-0.1, -0.05) is 64.5 Å². The van der Waals surface area contributed by atoms with Crippen molar-refractivity contribution in [3.8, 4) is 0 Å². The summed E-state index contributed by atoms with van der Waals surface area (Å²) in [5, 5.41) is 0. The highest BCUT2D eigenvalue weighted by Crippen LogP contribution is 2.61. The average molecular weight is 333 g/mol. The van der Waals surface area contributed by atoms with Crippen LogP contribution < -0.4 is 0 Å². The molecule has 0 spiro atoms. The van der Waals surface area contributed by atoms with Gasteiger partial charge in [0.15, 0.2) is 5.60 Å². The molecule has 0 saturated carbocycles. The highest BCUT2D eigenvalue weighted by Gasteiger charge is 2.61. The lowest BCUT2D eigenvalue weighted by atomic mass is 9.99. The van der Waals surface area contributed by atoms with Crippen LogP contribution in [0, 0.1) is 0 Å². The fourth-order valence-electron chi connectivity index (χ4n) is 2.97. The molecule has 23 heavy (non-hydrogen) atoms. The molecule has 1 aliphatic rings. The lowest BCUT2D eigenvalue weighted by Crippen LogP contribution is -2.25. The third-order valence-corrected chi connectivity index (χ3v) is 4.22. The zero-order valence-corrected chi connectivity index (χ0v) is 13.5. The first kappa shape index (κ1) is 15.7. The van der Waals surface area contributed by atoms with Crippen molar-refractivity contribution >= 4 is 16.1 Å². The molecule has 4 nitrogen and oxygen atoms in total. The first-order valence-electron chi connectivity index (χ1n) is 7.05. The monoisotopic (exact) mass is 333 g/mol. The minimum atomic E-state index is -5.14. The zero-order valence-electron chi connectivity index (χ0n) is 12.7. The lowest BCUT2D eigenvalue weighted by Gasteiger charge is -2.21. The number of hydrogen-bond donors (Lipinski definition) is 0. The third-order valence-electron chi connectivity index (χ3n) is 3.77. The van der Waals surface area contributed by atoms with E-state index in [1.807, 2.05) is 30.3 Å². The van der Waals surface area contributed by atoms with Crippen LogP contribution in [0.1, 0.15) is 11.1 Å². The van der Waals surface area contributed by atoms with Gasteiger partial charge in [0, 0.05) is 19.7 Å². The Hall–Kier alpha value is -2.18. The Morgan fingerprint density at radius 2 is 1.48 bits per heavy atom. The normalized spacial score (nSPS) is 20.5. The van der Waals surface area contributed by atoms with Gasteiger partial charge >= 0.3 is 10.5 Å². The fraction of sp³-hybridized carbons (Fsp3) is 0.176. The topological polar surface area (TPSA) is 46.6 Å². The molecular weight excluding hydrogens is 317 g/mol. The van der Waals surface area contributed by atoms with Crippen LogP contribution >= 0.6 is 0 Å². The van der Waals surface area contributed by atoms with Crippen molar-refractivity contribution in [1.82, 2.24) is 4.90 Å².